The average Bonchev–Trinajstić information content (AvgIpc) is 3.01. The molecule has 1 saturated heterocycles. The molecule has 1 aromatic heterocycles. The van der Waals surface area contributed by atoms with Crippen molar-refractivity contribution in [2.24, 2.45) is 0 Å². The van der Waals surface area contributed by atoms with E-state index in [-0.39, 0.29) is 11.7 Å². The Labute approximate surface area is 176 Å². The summed E-state index contributed by atoms with van der Waals surface area (Å²) in [4.78, 5) is 28.0. The van der Waals surface area contributed by atoms with Crippen molar-refractivity contribution in [3.8, 4) is 0 Å². The predicted octanol–water partition coefficient (Wildman–Crippen LogP) is 1.11. The third-order valence-electron chi connectivity index (χ3n) is 5.25. The summed E-state index contributed by atoms with van der Waals surface area (Å²) in [6, 6.07) is 0. The number of unbranched alkanes of at least 4 members (excludes halogenated alkanes) is 8. The number of hydrogen-bond donors (Lipinski definition) is 4. The second kappa shape index (κ2) is 12.7. The number of nitrogens with zero attached hydrogens (tertiary/aromatic N) is 3. The third kappa shape index (κ3) is 7.12. The molecule has 10 nitrogen and oxygen atoms in total. The van der Waals surface area contributed by atoms with Gasteiger partial charge in [-0.2, -0.15) is 14.8 Å². The van der Waals surface area contributed by atoms with Crippen LogP contribution in [0.2, 0.25) is 0 Å². The van der Waals surface area contributed by atoms with Gasteiger partial charge in [0.05, 0.1) is 12.8 Å². The van der Waals surface area contributed by atoms with Gasteiger partial charge in [0, 0.05) is 6.42 Å². The average molecular weight is 427 g/mol. The Kier molecular flexibility index (Phi) is 10.4. The summed E-state index contributed by atoms with van der Waals surface area (Å²) in [5, 5.41) is 35.3. The topological polar surface area (TPSA) is 147 Å². The van der Waals surface area contributed by atoms with Crippen molar-refractivity contribution in [2.75, 3.05) is 11.9 Å². The molecule has 0 aliphatic carbocycles. The Balaban J connectivity index is 1.73. The van der Waals surface area contributed by atoms with Crippen LogP contribution in [-0.2, 0) is 9.53 Å². The standard InChI is InChI=1S/C20H34N4O6/c1-2-3-4-5-6-7-8-9-10-11-16(26)22-15-12-21-24(20(29)23-15)19-18(28)17(27)14(13-25)30-19/h12,14,17-19,25,27-28H,2-11,13H2,1H3,(H,22,23,26,29)/t14-,17-,18-,19-/m1/s1. The zero-order chi connectivity index (χ0) is 21.9. The fourth-order valence-corrected chi connectivity index (χ4v) is 3.47. The van der Waals surface area contributed by atoms with Gasteiger partial charge in [-0.3, -0.25) is 4.79 Å². The minimum Gasteiger partial charge on any atom is -0.394 e. The van der Waals surface area contributed by atoms with E-state index in [1.54, 1.807) is 0 Å². The first-order valence-electron chi connectivity index (χ1n) is 10.9. The van der Waals surface area contributed by atoms with Crippen molar-refractivity contribution in [3.05, 3.63) is 16.7 Å². The van der Waals surface area contributed by atoms with Crippen LogP contribution in [0.3, 0.4) is 0 Å². The molecule has 1 amide bonds. The molecule has 1 fully saturated rings. The molecular weight excluding hydrogens is 392 g/mol. The van der Waals surface area contributed by atoms with Crippen LogP contribution in [-0.4, -0.2) is 60.9 Å². The van der Waals surface area contributed by atoms with E-state index < -0.39 is 36.8 Å². The first-order valence-corrected chi connectivity index (χ1v) is 10.9. The number of rotatable bonds is 13. The number of ether oxygens (including phenoxy) is 1. The van der Waals surface area contributed by atoms with E-state index in [2.05, 4.69) is 22.3 Å². The summed E-state index contributed by atoms with van der Waals surface area (Å²) in [5.41, 5.74) is -0.842. The van der Waals surface area contributed by atoms with Crippen LogP contribution in [0.25, 0.3) is 0 Å². The zero-order valence-electron chi connectivity index (χ0n) is 17.6. The summed E-state index contributed by atoms with van der Waals surface area (Å²) in [6.45, 7) is 1.69. The molecule has 1 aromatic rings. The molecule has 0 bridgehead atoms. The lowest BCUT2D eigenvalue weighted by atomic mass is 10.1. The Bertz CT molecular complexity index is 713. The summed E-state index contributed by atoms with van der Waals surface area (Å²) in [6.07, 6.45) is 6.90. The highest BCUT2D eigenvalue weighted by atomic mass is 16.6. The van der Waals surface area contributed by atoms with Crippen LogP contribution in [0.15, 0.2) is 11.0 Å². The van der Waals surface area contributed by atoms with E-state index in [0.29, 0.717) is 6.42 Å². The molecule has 1 aliphatic rings. The van der Waals surface area contributed by atoms with Crippen molar-refractivity contribution >= 4 is 11.7 Å². The van der Waals surface area contributed by atoms with Gasteiger partial charge in [-0.05, 0) is 6.42 Å². The Hall–Kier alpha value is -1.88. The summed E-state index contributed by atoms with van der Waals surface area (Å²) >= 11 is 0. The van der Waals surface area contributed by atoms with Crippen molar-refractivity contribution in [3.63, 3.8) is 0 Å². The molecule has 2 rings (SSSR count). The molecule has 0 unspecified atom stereocenters. The fraction of sp³-hybridized carbons (Fsp3) is 0.800. The van der Waals surface area contributed by atoms with Gasteiger partial charge in [-0.15, -0.1) is 0 Å². The lowest BCUT2D eigenvalue weighted by Gasteiger charge is -2.15. The third-order valence-corrected chi connectivity index (χ3v) is 5.25. The highest BCUT2D eigenvalue weighted by Gasteiger charge is 2.44. The maximum Gasteiger partial charge on any atom is 0.368 e. The second-order valence-corrected chi connectivity index (χ2v) is 7.72. The molecule has 0 saturated carbocycles. The number of hydrogen-bond acceptors (Lipinski definition) is 8. The molecule has 1 aliphatic heterocycles. The van der Waals surface area contributed by atoms with Crippen molar-refractivity contribution in [1.29, 1.82) is 0 Å². The van der Waals surface area contributed by atoms with Crippen molar-refractivity contribution in [2.45, 2.75) is 95.7 Å². The van der Waals surface area contributed by atoms with Gasteiger partial charge in [0.1, 0.15) is 18.3 Å². The lowest BCUT2D eigenvalue weighted by Crippen LogP contribution is -2.37. The number of aliphatic hydroxyl groups is 3. The molecule has 2 heterocycles. The van der Waals surface area contributed by atoms with E-state index in [1.807, 2.05) is 0 Å². The number of anilines is 1. The van der Waals surface area contributed by atoms with Gasteiger partial charge in [0.15, 0.2) is 12.0 Å². The summed E-state index contributed by atoms with van der Waals surface area (Å²) in [7, 11) is 0. The SMILES string of the molecule is CCCCCCCCCCCC(=O)Nc1cnn([C@@H]2O[C@H](CO)[C@@H](O)[C@H]2O)c(=O)n1. The maximum absolute atomic E-state index is 12.2. The fourth-order valence-electron chi connectivity index (χ4n) is 3.47. The highest BCUT2D eigenvalue weighted by Crippen LogP contribution is 2.27. The Morgan fingerprint density at radius 2 is 1.73 bits per heavy atom. The monoisotopic (exact) mass is 426 g/mol. The van der Waals surface area contributed by atoms with Gasteiger partial charge >= 0.3 is 5.69 Å². The van der Waals surface area contributed by atoms with E-state index in [4.69, 9.17) is 9.84 Å². The first kappa shape index (κ1) is 24.4. The molecule has 0 aromatic carbocycles. The smallest absolute Gasteiger partial charge is 0.368 e. The number of aromatic nitrogens is 3. The summed E-state index contributed by atoms with van der Waals surface area (Å²) < 4.78 is 6.04. The van der Waals surface area contributed by atoms with E-state index in [9.17, 15) is 19.8 Å². The van der Waals surface area contributed by atoms with Gasteiger partial charge < -0.3 is 25.4 Å². The molecule has 4 atom stereocenters. The van der Waals surface area contributed by atoms with E-state index >= 15 is 0 Å². The Morgan fingerprint density at radius 3 is 2.30 bits per heavy atom. The molecule has 10 heteroatoms. The maximum atomic E-state index is 12.2. The Morgan fingerprint density at radius 1 is 1.10 bits per heavy atom. The van der Waals surface area contributed by atoms with Crippen LogP contribution >= 0.6 is 0 Å². The van der Waals surface area contributed by atoms with Crippen LogP contribution in [0.1, 0.15) is 77.4 Å². The molecule has 170 valence electrons. The molecule has 0 radical (unpaired) electrons. The molecular formula is C20H34N4O6. The number of aliphatic hydroxyl groups excluding tert-OH is 3. The van der Waals surface area contributed by atoms with Crippen LogP contribution in [0, 0.1) is 0 Å². The minimum absolute atomic E-state index is 0.0175. The van der Waals surface area contributed by atoms with Crippen LogP contribution in [0.4, 0.5) is 5.82 Å². The number of amides is 1. The van der Waals surface area contributed by atoms with Crippen LogP contribution in [0.5, 0.6) is 0 Å². The highest BCUT2D eigenvalue weighted by molar-refractivity contribution is 5.89. The number of carbonyl (C=O) groups excluding carboxylic acids is 1. The zero-order valence-corrected chi connectivity index (χ0v) is 17.6. The molecule has 30 heavy (non-hydrogen) atoms. The minimum atomic E-state index is -1.43. The van der Waals surface area contributed by atoms with Crippen molar-refractivity contribution < 1.29 is 24.9 Å². The largest absolute Gasteiger partial charge is 0.394 e. The first-order chi connectivity index (χ1) is 14.5. The normalized spacial score (nSPS) is 23.6. The van der Waals surface area contributed by atoms with Gasteiger partial charge in [0.25, 0.3) is 0 Å². The van der Waals surface area contributed by atoms with E-state index in [0.717, 1.165) is 23.9 Å². The second-order valence-electron chi connectivity index (χ2n) is 7.72. The van der Waals surface area contributed by atoms with Gasteiger partial charge in [0.2, 0.25) is 5.91 Å². The van der Waals surface area contributed by atoms with Crippen molar-refractivity contribution in [1.82, 2.24) is 14.8 Å². The van der Waals surface area contributed by atoms with Crippen LogP contribution < -0.4 is 11.0 Å². The quantitative estimate of drug-likeness (QED) is 0.343. The van der Waals surface area contributed by atoms with Gasteiger partial charge in [-0.1, -0.05) is 58.3 Å². The summed E-state index contributed by atoms with van der Waals surface area (Å²) in [5.74, 6) is -0.221. The van der Waals surface area contributed by atoms with E-state index in [1.165, 1.54) is 44.7 Å². The molecule has 4 N–H and O–H groups in total. The number of nitrogens with one attached hydrogen (secondary N) is 1. The predicted molar refractivity (Wildman–Crippen MR) is 110 cm³/mol. The van der Waals surface area contributed by atoms with Gasteiger partial charge in [-0.25, -0.2) is 4.79 Å². The molecule has 0 spiro atoms. The lowest BCUT2D eigenvalue weighted by molar-refractivity contribution is -0.116. The number of carbonyl (C=O) groups is 1.